The molecule has 3 heteroatoms. The third-order valence-corrected chi connectivity index (χ3v) is 2.92. The summed E-state index contributed by atoms with van der Waals surface area (Å²) in [4.78, 5) is 0. The second-order valence-electron chi connectivity index (χ2n) is 4.63. The Kier molecular flexibility index (Phi) is 3.12. The third kappa shape index (κ3) is 2.61. The molecule has 1 aromatic carbocycles. The van der Waals surface area contributed by atoms with Crippen molar-refractivity contribution in [3.8, 4) is 0 Å². The molecule has 15 heavy (non-hydrogen) atoms. The molecule has 0 aliphatic carbocycles. The van der Waals surface area contributed by atoms with Gasteiger partial charge in [-0.15, -0.1) is 0 Å². The maximum absolute atomic E-state index is 5.49. The lowest BCUT2D eigenvalue weighted by molar-refractivity contribution is 0.356. The van der Waals surface area contributed by atoms with E-state index in [1.165, 1.54) is 5.56 Å². The Balaban J connectivity index is 2.05. The highest BCUT2D eigenvalue weighted by molar-refractivity contribution is 6.45. The topological polar surface area (TPSA) is 18.5 Å². The van der Waals surface area contributed by atoms with E-state index < -0.39 is 0 Å². The van der Waals surface area contributed by atoms with Crippen LogP contribution in [0.5, 0.6) is 0 Å². The minimum atomic E-state index is -0.0276. The Labute approximate surface area is 91.7 Å². The Hall–Kier alpha value is -0.795. The fraction of sp³-hybridized carbons (Fsp3) is 0.500. The van der Waals surface area contributed by atoms with Crippen LogP contribution in [0.1, 0.15) is 19.4 Å². The van der Waals surface area contributed by atoms with E-state index in [9.17, 15) is 0 Å². The summed E-state index contributed by atoms with van der Waals surface area (Å²) in [5, 5.41) is 0. The molecule has 1 saturated heterocycles. The Bertz CT molecular complexity index is 305. The highest BCUT2D eigenvalue weighted by atomic mass is 16.6. The van der Waals surface area contributed by atoms with Gasteiger partial charge < -0.3 is 9.31 Å². The second kappa shape index (κ2) is 4.37. The van der Waals surface area contributed by atoms with Crippen molar-refractivity contribution in [3.63, 3.8) is 0 Å². The molecule has 2 rings (SSSR count). The number of benzene rings is 1. The van der Waals surface area contributed by atoms with Crippen LogP contribution in [0.3, 0.4) is 0 Å². The van der Waals surface area contributed by atoms with Crippen molar-refractivity contribution in [3.05, 3.63) is 35.9 Å². The van der Waals surface area contributed by atoms with Crippen LogP contribution in [0.15, 0.2) is 30.3 Å². The fourth-order valence-corrected chi connectivity index (χ4v) is 1.95. The van der Waals surface area contributed by atoms with Crippen molar-refractivity contribution in [2.75, 3.05) is 13.2 Å². The van der Waals surface area contributed by atoms with Gasteiger partial charge in [-0.2, -0.15) is 0 Å². The Morgan fingerprint density at radius 1 is 1.13 bits per heavy atom. The van der Waals surface area contributed by atoms with Gasteiger partial charge in [0.15, 0.2) is 0 Å². The molecule has 0 saturated carbocycles. The van der Waals surface area contributed by atoms with Crippen LogP contribution in [-0.4, -0.2) is 20.3 Å². The van der Waals surface area contributed by atoms with Gasteiger partial charge in [0.25, 0.3) is 0 Å². The first kappa shape index (κ1) is 10.7. The molecule has 2 nitrogen and oxygen atoms in total. The minimum Gasteiger partial charge on any atom is -0.409 e. The van der Waals surface area contributed by atoms with Gasteiger partial charge in [-0.05, 0) is 17.3 Å². The summed E-state index contributed by atoms with van der Waals surface area (Å²) in [6.45, 7) is 5.92. The highest BCUT2D eigenvalue weighted by Gasteiger charge is 2.32. The average Bonchev–Trinajstić information content (AvgIpc) is 2.71. The average molecular weight is 204 g/mol. The molecule has 1 aliphatic heterocycles. The standard InChI is InChI=1S/C12H17BO2/c1-12(2,10-13-14-8-9-15-13)11-6-4-3-5-7-11/h3-7H,8-10H2,1-2H3. The van der Waals surface area contributed by atoms with Gasteiger partial charge in [-0.25, -0.2) is 0 Å². The zero-order valence-electron chi connectivity index (χ0n) is 9.40. The molecule has 0 radical (unpaired) electrons. The van der Waals surface area contributed by atoms with E-state index in [4.69, 9.17) is 9.31 Å². The van der Waals surface area contributed by atoms with Gasteiger partial charge in [-0.3, -0.25) is 0 Å². The van der Waals surface area contributed by atoms with E-state index in [0.717, 1.165) is 19.5 Å². The molecule has 1 aliphatic rings. The Morgan fingerprint density at radius 3 is 2.33 bits per heavy atom. The molecule has 0 unspecified atom stereocenters. The molecule has 1 fully saturated rings. The van der Waals surface area contributed by atoms with Crippen LogP contribution < -0.4 is 0 Å². The van der Waals surface area contributed by atoms with Crippen molar-refractivity contribution in [2.24, 2.45) is 0 Å². The summed E-state index contributed by atoms with van der Waals surface area (Å²) >= 11 is 0. The lowest BCUT2D eigenvalue weighted by atomic mass is 9.67. The first-order valence-corrected chi connectivity index (χ1v) is 5.47. The summed E-state index contributed by atoms with van der Waals surface area (Å²) in [5.74, 6) is 0. The summed E-state index contributed by atoms with van der Waals surface area (Å²) < 4.78 is 11.0. The lowest BCUT2D eigenvalue weighted by Gasteiger charge is -2.25. The highest BCUT2D eigenvalue weighted by Crippen LogP contribution is 2.30. The minimum absolute atomic E-state index is 0.0276. The van der Waals surface area contributed by atoms with Gasteiger partial charge in [-0.1, -0.05) is 44.2 Å². The van der Waals surface area contributed by atoms with E-state index >= 15 is 0 Å². The molecule has 80 valence electrons. The maximum atomic E-state index is 5.49. The van der Waals surface area contributed by atoms with Gasteiger partial charge in [0.05, 0.1) is 13.2 Å². The van der Waals surface area contributed by atoms with Crippen LogP contribution in [0, 0.1) is 0 Å². The molecule has 1 heterocycles. The molecule has 0 spiro atoms. The van der Waals surface area contributed by atoms with E-state index in [2.05, 4.69) is 38.1 Å². The zero-order chi connectivity index (χ0) is 10.7. The summed E-state index contributed by atoms with van der Waals surface area (Å²) in [6, 6.07) is 10.5. The van der Waals surface area contributed by atoms with Crippen molar-refractivity contribution in [2.45, 2.75) is 25.6 Å². The third-order valence-electron chi connectivity index (χ3n) is 2.92. The summed E-state index contributed by atoms with van der Waals surface area (Å²) in [6.07, 6.45) is 0.914. The lowest BCUT2D eigenvalue weighted by Crippen LogP contribution is -2.27. The number of hydrogen-bond acceptors (Lipinski definition) is 2. The molecule has 0 N–H and O–H groups in total. The first-order valence-electron chi connectivity index (χ1n) is 5.47. The van der Waals surface area contributed by atoms with Crippen molar-refractivity contribution < 1.29 is 9.31 Å². The summed E-state index contributed by atoms with van der Waals surface area (Å²) in [5.41, 5.74) is 1.44. The van der Waals surface area contributed by atoms with Crippen molar-refractivity contribution in [1.29, 1.82) is 0 Å². The van der Waals surface area contributed by atoms with Crippen LogP contribution in [0.25, 0.3) is 0 Å². The van der Waals surface area contributed by atoms with E-state index in [-0.39, 0.29) is 12.5 Å². The zero-order valence-corrected chi connectivity index (χ0v) is 9.40. The smallest absolute Gasteiger partial charge is 0.409 e. The molecule has 1 aromatic rings. The van der Waals surface area contributed by atoms with Crippen molar-refractivity contribution >= 4 is 7.12 Å². The van der Waals surface area contributed by atoms with E-state index in [1.54, 1.807) is 0 Å². The van der Waals surface area contributed by atoms with Gasteiger partial charge in [0.2, 0.25) is 0 Å². The molecule has 0 amide bonds. The Morgan fingerprint density at radius 2 is 1.73 bits per heavy atom. The van der Waals surface area contributed by atoms with Gasteiger partial charge in [0, 0.05) is 0 Å². The van der Waals surface area contributed by atoms with Gasteiger partial charge in [0.1, 0.15) is 0 Å². The quantitative estimate of drug-likeness (QED) is 0.704. The molecular weight excluding hydrogens is 187 g/mol. The SMILES string of the molecule is CC(C)(CB1OCCO1)c1ccccc1. The predicted molar refractivity (Wildman–Crippen MR) is 61.9 cm³/mol. The van der Waals surface area contributed by atoms with Gasteiger partial charge >= 0.3 is 7.12 Å². The number of hydrogen-bond donors (Lipinski definition) is 0. The predicted octanol–water partition coefficient (Wildman–Crippen LogP) is 2.50. The molecular formula is C12H17BO2. The van der Waals surface area contributed by atoms with E-state index in [1.807, 2.05) is 6.07 Å². The fourth-order valence-electron chi connectivity index (χ4n) is 1.95. The van der Waals surface area contributed by atoms with E-state index in [0.29, 0.717) is 0 Å². The van der Waals surface area contributed by atoms with Crippen LogP contribution in [-0.2, 0) is 14.7 Å². The maximum Gasteiger partial charge on any atom is 0.457 e. The molecule has 0 aromatic heterocycles. The van der Waals surface area contributed by atoms with Crippen LogP contribution in [0.4, 0.5) is 0 Å². The summed E-state index contributed by atoms with van der Waals surface area (Å²) in [7, 11) is -0.0276. The number of rotatable bonds is 3. The molecule has 0 atom stereocenters. The second-order valence-corrected chi connectivity index (χ2v) is 4.63. The van der Waals surface area contributed by atoms with Crippen molar-refractivity contribution in [1.82, 2.24) is 0 Å². The van der Waals surface area contributed by atoms with Crippen LogP contribution in [0.2, 0.25) is 6.32 Å². The first-order chi connectivity index (χ1) is 7.18. The normalized spacial score (nSPS) is 17.1. The monoisotopic (exact) mass is 204 g/mol. The van der Waals surface area contributed by atoms with Crippen LogP contribution >= 0.6 is 0 Å². The molecule has 0 bridgehead atoms. The largest absolute Gasteiger partial charge is 0.457 e.